The predicted molar refractivity (Wildman–Crippen MR) is 89.9 cm³/mol. The summed E-state index contributed by atoms with van der Waals surface area (Å²) in [6, 6.07) is 9.45. The molecule has 0 radical (unpaired) electrons. The molecule has 1 heterocycles. The summed E-state index contributed by atoms with van der Waals surface area (Å²) >= 11 is 1.32. The van der Waals surface area contributed by atoms with Crippen molar-refractivity contribution in [3.8, 4) is 11.8 Å². The van der Waals surface area contributed by atoms with Crippen molar-refractivity contribution in [2.24, 2.45) is 0 Å². The van der Waals surface area contributed by atoms with Gasteiger partial charge in [0.05, 0.1) is 25.2 Å². The van der Waals surface area contributed by atoms with Crippen molar-refractivity contribution in [2.75, 3.05) is 25.0 Å². The van der Waals surface area contributed by atoms with Gasteiger partial charge >= 0.3 is 0 Å². The Morgan fingerprint density at radius 3 is 2.87 bits per heavy atom. The molecule has 1 amide bonds. The molecular formula is C16H18N4O2S. The van der Waals surface area contributed by atoms with E-state index in [1.165, 1.54) is 11.3 Å². The van der Waals surface area contributed by atoms with E-state index in [1.54, 1.807) is 6.20 Å². The largest absolute Gasteiger partial charge is 0.492 e. The third kappa shape index (κ3) is 5.27. The van der Waals surface area contributed by atoms with Crippen LogP contribution in [0.25, 0.3) is 0 Å². The third-order valence-corrected chi connectivity index (χ3v) is 3.87. The zero-order valence-electron chi connectivity index (χ0n) is 12.8. The Labute approximate surface area is 139 Å². The Morgan fingerprint density at radius 1 is 1.39 bits per heavy atom. The van der Waals surface area contributed by atoms with Crippen LogP contribution >= 0.6 is 11.3 Å². The van der Waals surface area contributed by atoms with E-state index in [9.17, 15) is 4.79 Å². The molecule has 0 atom stereocenters. The van der Waals surface area contributed by atoms with Gasteiger partial charge in [-0.25, -0.2) is 4.98 Å². The Bertz CT molecular complexity index is 676. The molecule has 23 heavy (non-hydrogen) atoms. The first kappa shape index (κ1) is 16.8. The van der Waals surface area contributed by atoms with Crippen molar-refractivity contribution < 1.29 is 9.53 Å². The van der Waals surface area contributed by atoms with Crippen molar-refractivity contribution in [1.29, 1.82) is 5.26 Å². The van der Waals surface area contributed by atoms with Crippen molar-refractivity contribution >= 4 is 22.4 Å². The van der Waals surface area contributed by atoms with Gasteiger partial charge in [0.2, 0.25) is 0 Å². The van der Waals surface area contributed by atoms with Gasteiger partial charge in [-0.1, -0.05) is 23.5 Å². The third-order valence-electron chi connectivity index (χ3n) is 2.92. The number of hydrogen-bond acceptors (Lipinski definition) is 6. The van der Waals surface area contributed by atoms with Crippen LogP contribution in [0.2, 0.25) is 0 Å². The lowest BCUT2D eigenvalue weighted by atomic mass is 10.2. The monoisotopic (exact) mass is 330 g/mol. The van der Waals surface area contributed by atoms with E-state index < -0.39 is 0 Å². The summed E-state index contributed by atoms with van der Waals surface area (Å²) in [6.45, 7) is 3.54. The van der Waals surface area contributed by atoms with E-state index in [0.717, 1.165) is 17.2 Å². The first-order chi connectivity index (χ1) is 11.2. The quantitative estimate of drug-likeness (QED) is 0.726. The van der Waals surface area contributed by atoms with Crippen LogP contribution in [0.4, 0.5) is 5.13 Å². The van der Waals surface area contributed by atoms with Crippen molar-refractivity contribution in [3.63, 3.8) is 0 Å². The van der Waals surface area contributed by atoms with Crippen LogP contribution in [-0.2, 0) is 6.42 Å². The Hall–Kier alpha value is -2.59. The highest BCUT2D eigenvalue weighted by Crippen LogP contribution is 2.17. The number of nitrogens with zero attached hydrogens (tertiary/aromatic N) is 2. The summed E-state index contributed by atoms with van der Waals surface area (Å²) in [6.07, 6.45) is 1.95. The molecule has 7 heteroatoms. The fourth-order valence-corrected chi connectivity index (χ4v) is 2.63. The minimum absolute atomic E-state index is 0.153. The van der Waals surface area contributed by atoms with E-state index in [2.05, 4.69) is 21.7 Å². The smallest absolute Gasteiger partial charge is 0.263 e. The molecule has 2 N–H and O–H groups in total. The number of hydrogen-bond donors (Lipinski definition) is 2. The number of nitrogens with one attached hydrogen (secondary N) is 2. The highest BCUT2D eigenvalue weighted by atomic mass is 32.1. The maximum absolute atomic E-state index is 11.9. The lowest BCUT2D eigenvalue weighted by Gasteiger charge is -2.07. The van der Waals surface area contributed by atoms with Gasteiger partial charge in [-0.3, -0.25) is 4.79 Å². The molecule has 0 spiro atoms. The zero-order chi connectivity index (χ0) is 16.5. The number of rotatable bonds is 8. The van der Waals surface area contributed by atoms with Gasteiger partial charge in [-0.05, 0) is 24.6 Å². The predicted octanol–water partition coefficient (Wildman–Crippen LogP) is 2.45. The lowest BCUT2D eigenvalue weighted by Crippen LogP contribution is -2.27. The van der Waals surface area contributed by atoms with Crippen LogP contribution in [0.3, 0.4) is 0 Å². The first-order valence-corrected chi connectivity index (χ1v) is 8.11. The topological polar surface area (TPSA) is 87.0 Å². The highest BCUT2D eigenvalue weighted by Gasteiger charge is 2.09. The summed E-state index contributed by atoms with van der Waals surface area (Å²) in [5.41, 5.74) is 0.954. The summed E-state index contributed by atoms with van der Waals surface area (Å²) in [5, 5.41) is 15.2. The second-order valence-corrected chi connectivity index (χ2v) is 5.67. The van der Waals surface area contributed by atoms with Gasteiger partial charge in [0.1, 0.15) is 17.2 Å². The van der Waals surface area contributed by atoms with Gasteiger partial charge in [0, 0.05) is 6.54 Å². The number of nitriles is 1. The van der Waals surface area contributed by atoms with Crippen molar-refractivity contribution in [2.45, 2.75) is 13.3 Å². The maximum Gasteiger partial charge on any atom is 0.263 e. The SMILES string of the molecule is CCNc1ncc(C(=O)NCCOc2ccc(CC#N)cc2)s1. The maximum atomic E-state index is 11.9. The van der Waals surface area contributed by atoms with Gasteiger partial charge in [-0.2, -0.15) is 5.26 Å². The number of carbonyl (C=O) groups is 1. The second-order valence-electron chi connectivity index (χ2n) is 4.64. The number of aromatic nitrogens is 1. The Balaban J connectivity index is 1.72. The Morgan fingerprint density at radius 2 is 2.17 bits per heavy atom. The molecule has 0 aliphatic carbocycles. The summed E-state index contributed by atoms with van der Waals surface area (Å²) in [7, 11) is 0. The van der Waals surface area contributed by atoms with Crippen LogP contribution in [0.5, 0.6) is 5.75 Å². The number of anilines is 1. The minimum Gasteiger partial charge on any atom is -0.492 e. The fraction of sp³-hybridized carbons (Fsp3) is 0.312. The molecule has 0 aliphatic heterocycles. The number of carbonyl (C=O) groups excluding carboxylic acids is 1. The van der Waals surface area contributed by atoms with Crippen LogP contribution in [-0.4, -0.2) is 30.6 Å². The van der Waals surface area contributed by atoms with Crippen LogP contribution in [0.15, 0.2) is 30.5 Å². The molecule has 2 aromatic rings. The molecular weight excluding hydrogens is 312 g/mol. The fourth-order valence-electron chi connectivity index (χ4n) is 1.83. The van der Waals surface area contributed by atoms with Gasteiger partial charge in [-0.15, -0.1) is 0 Å². The molecule has 6 nitrogen and oxygen atoms in total. The molecule has 1 aromatic heterocycles. The second kappa shape index (κ2) is 8.76. The van der Waals surface area contributed by atoms with E-state index in [4.69, 9.17) is 10.00 Å². The van der Waals surface area contributed by atoms with E-state index in [0.29, 0.717) is 30.2 Å². The zero-order valence-corrected chi connectivity index (χ0v) is 13.7. The van der Waals surface area contributed by atoms with E-state index >= 15 is 0 Å². The van der Waals surface area contributed by atoms with Crippen LogP contribution < -0.4 is 15.4 Å². The van der Waals surface area contributed by atoms with Gasteiger partial charge < -0.3 is 15.4 Å². The standard InChI is InChI=1S/C16H18N4O2S/c1-2-18-16-20-11-14(23-16)15(21)19-9-10-22-13-5-3-12(4-6-13)7-8-17/h3-6,11H,2,7,9-10H2,1H3,(H,18,20)(H,19,21). The van der Waals surface area contributed by atoms with Crippen molar-refractivity contribution in [3.05, 3.63) is 40.9 Å². The minimum atomic E-state index is -0.153. The summed E-state index contributed by atoms with van der Waals surface area (Å²) in [5.74, 6) is 0.563. The van der Waals surface area contributed by atoms with Gasteiger partial charge in [0.15, 0.2) is 5.13 Å². The normalized spacial score (nSPS) is 9.91. The number of ether oxygens (including phenoxy) is 1. The molecule has 120 valence electrons. The number of thiazole rings is 1. The van der Waals surface area contributed by atoms with Gasteiger partial charge in [0.25, 0.3) is 5.91 Å². The number of benzene rings is 1. The van der Waals surface area contributed by atoms with Crippen molar-refractivity contribution in [1.82, 2.24) is 10.3 Å². The number of amides is 1. The molecule has 0 saturated carbocycles. The summed E-state index contributed by atoms with van der Waals surface area (Å²) < 4.78 is 5.55. The lowest BCUT2D eigenvalue weighted by molar-refractivity contribution is 0.0951. The van der Waals surface area contributed by atoms with E-state index in [-0.39, 0.29) is 5.91 Å². The molecule has 0 fully saturated rings. The molecule has 0 saturated heterocycles. The Kier molecular flexibility index (Phi) is 6.39. The molecule has 1 aromatic carbocycles. The first-order valence-electron chi connectivity index (χ1n) is 7.29. The highest BCUT2D eigenvalue weighted by molar-refractivity contribution is 7.17. The van der Waals surface area contributed by atoms with E-state index in [1.807, 2.05) is 31.2 Å². The van der Waals surface area contributed by atoms with Crippen LogP contribution in [0, 0.1) is 11.3 Å². The average molecular weight is 330 g/mol. The molecule has 0 unspecified atom stereocenters. The molecule has 0 aliphatic rings. The molecule has 0 bridgehead atoms. The van der Waals surface area contributed by atoms with Crippen LogP contribution in [0.1, 0.15) is 22.2 Å². The average Bonchev–Trinajstić information content (AvgIpc) is 3.02. The summed E-state index contributed by atoms with van der Waals surface area (Å²) in [4.78, 5) is 16.6. The molecule has 2 rings (SSSR count).